The Morgan fingerprint density at radius 2 is 1.90 bits per heavy atom. The molecule has 8 heteroatoms. The second-order valence-electron chi connectivity index (χ2n) is 7.14. The molecule has 0 aromatic heterocycles. The van der Waals surface area contributed by atoms with E-state index in [9.17, 15) is 14.4 Å². The lowest BCUT2D eigenvalue weighted by Crippen LogP contribution is -2.41. The zero-order valence-corrected chi connectivity index (χ0v) is 17.9. The van der Waals surface area contributed by atoms with Crippen LogP contribution in [0.25, 0.3) is 0 Å². The summed E-state index contributed by atoms with van der Waals surface area (Å²) in [4.78, 5) is 43.2. The van der Waals surface area contributed by atoms with Gasteiger partial charge in [-0.3, -0.25) is 14.5 Å². The first-order chi connectivity index (χ1) is 13.7. The number of carbonyl (C=O) groups excluding carboxylic acids is 3. The Morgan fingerprint density at radius 3 is 2.45 bits per heavy atom. The molecule has 0 bridgehead atoms. The van der Waals surface area contributed by atoms with Gasteiger partial charge in [-0.1, -0.05) is 30.8 Å². The number of amides is 1. The first-order valence-corrected chi connectivity index (χ1v) is 10.4. The van der Waals surface area contributed by atoms with Crippen molar-refractivity contribution in [1.82, 2.24) is 4.90 Å². The molecule has 0 spiro atoms. The number of amidine groups is 1. The van der Waals surface area contributed by atoms with E-state index in [1.54, 1.807) is 49.9 Å². The predicted octanol–water partition coefficient (Wildman–Crippen LogP) is 3.60. The number of allylic oxidation sites excluding steroid dienone is 1. The molecular formula is C21H24N2O5S. The minimum Gasteiger partial charge on any atom is -0.459 e. The average molecular weight is 416 g/mol. The highest BCUT2D eigenvalue weighted by atomic mass is 32.2. The number of thioether (sulfide) groups is 1. The number of aliphatic imine (C=N–C) groups is 1. The Bertz CT molecular complexity index is 904. The molecule has 1 aromatic rings. The van der Waals surface area contributed by atoms with Crippen LogP contribution in [0, 0.1) is 0 Å². The molecule has 1 saturated heterocycles. The molecule has 1 fully saturated rings. The third-order valence-corrected chi connectivity index (χ3v) is 5.86. The van der Waals surface area contributed by atoms with Crippen LogP contribution >= 0.6 is 11.8 Å². The molecule has 1 aromatic carbocycles. The number of esters is 2. The Balaban J connectivity index is 2.07. The maximum atomic E-state index is 13.0. The zero-order chi connectivity index (χ0) is 21.3. The van der Waals surface area contributed by atoms with Crippen LogP contribution < -0.4 is 4.74 Å². The molecule has 2 atom stereocenters. The van der Waals surface area contributed by atoms with Crippen LogP contribution in [0.3, 0.4) is 0 Å². The van der Waals surface area contributed by atoms with E-state index >= 15 is 0 Å². The summed E-state index contributed by atoms with van der Waals surface area (Å²) in [5, 5.41) is 0.361. The van der Waals surface area contributed by atoms with Gasteiger partial charge in [-0.05, 0) is 44.9 Å². The van der Waals surface area contributed by atoms with E-state index in [1.807, 2.05) is 6.92 Å². The molecule has 2 aliphatic rings. The number of benzene rings is 1. The summed E-state index contributed by atoms with van der Waals surface area (Å²) in [6.45, 7) is 8.59. The molecular weight excluding hydrogens is 392 g/mol. The summed E-state index contributed by atoms with van der Waals surface area (Å²) in [7, 11) is 0. The molecule has 29 heavy (non-hydrogen) atoms. The zero-order valence-electron chi connectivity index (χ0n) is 17.1. The molecule has 1 amide bonds. The van der Waals surface area contributed by atoms with E-state index < -0.39 is 18.0 Å². The van der Waals surface area contributed by atoms with Crippen LogP contribution in [0.1, 0.15) is 52.6 Å². The van der Waals surface area contributed by atoms with E-state index in [0.717, 1.165) is 0 Å². The van der Waals surface area contributed by atoms with E-state index in [0.29, 0.717) is 34.2 Å². The minimum atomic E-state index is -0.642. The van der Waals surface area contributed by atoms with Crippen molar-refractivity contribution in [3.63, 3.8) is 0 Å². The normalized spacial score (nSPS) is 21.2. The second kappa shape index (κ2) is 8.41. The van der Waals surface area contributed by atoms with Crippen molar-refractivity contribution in [3.05, 3.63) is 41.1 Å². The van der Waals surface area contributed by atoms with Gasteiger partial charge in [-0.15, -0.1) is 0 Å². The molecule has 2 heterocycles. The molecule has 7 nitrogen and oxygen atoms in total. The van der Waals surface area contributed by atoms with Gasteiger partial charge in [0.2, 0.25) is 5.91 Å². The van der Waals surface area contributed by atoms with Crippen molar-refractivity contribution in [1.29, 1.82) is 0 Å². The molecule has 0 aliphatic carbocycles. The number of ether oxygens (including phenoxy) is 2. The molecule has 0 saturated carbocycles. The van der Waals surface area contributed by atoms with Crippen LogP contribution in [-0.4, -0.2) is 39.3 Å². The number of rotatable bonds is 5. The Labute approximate surface area is 174 Å². The Kier molecular flexibility index (Phi) is 6.12. The van der Waals surface area contributed by atoms with Crippen LogP contribution in [0.15, 0.2) is 40.5 Å². The Morgan fingerprint density at radius 1 is 1.24 bits per heavy atom. The van der Waals surface area contributed by atoms with Crippen molar-refractivity contribution in [2.45, 2.75) is 58.4 Å². The summed E-state index contributed by atoms with van der Waals surface area (Å²) < 4.78 is 10.5. The van der Waals surface area contributed by atoms with Crippen molar-refractivity contribution < 1.29 is 23.9 Å². The summed E-state index contributed by atoms with van der Waals surface area (Å²) >= 11 is 1.41. The fraction of sp³-hybridized carbons (Fsp3) is 0.429. The monoisotopic (exact) mass is 416 g/mol. The van der Waals surface area contributed by atoms with Gasteiger partial charge in [0, 0.05) is 6.92 Å². The number of hydrogen-bond donors (Lipinski definition) is 0. The highest BCUT2D eigenvalue weighted by Gasteiger charge is 2.47. The minimum absolute atomic E-state index is 0.0762. The first kappa shape index (κ1) is 21.1. The van der Waals surface area contributed by atoms with Gasteiger partial charge in [-0.2, -0.15) is 0 Å². The largest absolute Gasteiger partial charge is 0.459 e. The van der Waals surface area contributed by atoms with E-state index in [2.05, 4.69) is 4.99 Å². The van der Waals surface area contributed by atoms with Crippen LogP contribution in [0.2, 0.25) is 0 Å². The highest BCUT2D eigenvalue weighted by molar-refractivity contribution is 8.15. The molecule has 154 valence electrons. The van der Waals surface area contributed by atoms with Crippen molar-refractivity contribution in [2.24, 2.45) is 4.99 Å². The Hall–Kier alpha value is -2.61. The molecule has 2 aliphatic heterocycles. The maximum Gasteiger partial charge on any atom is 0.338 e. The molecule has 0 unspecified atom stereocenters. The summed E-state index contributed by atoms with van der Waals surface area (Å²) in [5.74, 6) is -0.593. The maximum absolute atomic E-state index is 13.0. The smallest absolute Gasteiger partial charge is 0.338 e. The molecule has 3 rings (SSSR count). The molecule has 0 radical (unpaired) electrons. The third kappa shape index (κ3) is 4.22. The molecule has 0 N–H and O–H groups in total. The van der Waals surface area contributed by atoms with Gasteiger partial charge in [0.25, 0.3) is 0 Å². The van der Waals surface area contributed by atoms with Crippen molar-refractivity contribution in [3.8, 4) is 5.75 Å². The standard InChI is InChI=1S/C21H24N2O5S/c1-6-16-19(25)23-18(14-7-9-15(10-8-14)28-13(5)24)17(20(26)27-11(2)3)12(4)22-21(23)29-16/h7-11,16,18H,6H2,1-5H3/t16-,18-/m0/s1. The van der Waals surface area contributed by atoms with Gasteiger partial charge in [0.15, 0.2) is 5.17 Å². The lowest BCUT2D eigenvalue weighted by atomic mass is 9.94. The number of carbonyl (C=O) groups is 3. The van der Waals surface area contributed by atoms with Crippen LogP contribution in [0.5, 0.6) is 5.75 Å². The van der Waals surface area contributed by atoms with E-state index in [1.165, 1.54) is 18.7 Å². The van der Waals surface area contributed by atoms with E-state index in [-0.39, 0.29) is 17.3 Å². The number of fused-ring (bicyclic) bond motifs is 1. The highest BCUT2D eigenvalue weighted by Crippen LogP contribution is 2.44. The summed E-state index contributed by atoms with van der Waals surface area (Å²) in [6.07, 6.45) is 0.370. The topological polar surface area (TPSA) is 85.3 Å². The number of nitrogens with zero attached hydrogens (tertiary/aromatic N) is 2. The number of hydrogen-bond acceptors (Lipinski definition) is 7. The van der Waals surface area contributed by atoms with Gasteiger partial charge < -0.3 is 9.47 Å². The summed E-state index contributed by atoms with van der Waals surface area (Å²) in [6, 6.07) is 6.15. The lowest BCUT2D eigenvalue weighted by Gasteiger charge is -2.33. The van der Waals surface area contributed by atoms with Gasteiger partial charge >= 0.3 is 11.9 Å². The van der Waals surface area contributed by atoms with Crippen LogP contribution in [-0.2, 0) is 19.1 Å². The van der Waals surface area contributed by atoms with Gasteiger partial charge in [0.1, 0.15) is 5.75 Å². The van der Waals surface area contributed by atoms with Crippen molar-refractivity contribution >= 4 is 34.8 Å². The van der Waals surface area contributed by atoms with E-state index in [4.69, 9.17) is 9.47 Å². The predicted molar refractivity (Wildman–Crippen MR) is 110 cm³/mol. The summed E-state index contributed by atoms with van der Waals surface area (Å²) in [5.41, 5.74) is 1.59. The van der Waals surface area contributed by atoms with Gasteiger partial charge in [-0.25, -0.2) is 9.79 Å². The fourth-order valence-electron chi connectivity index (χ4n) is 3.33. The SMILES string of the molecule is CC[C@@H]1SC2=NC(C)=C(C(=O)OC(C)C)[C@H](c3ccc(OC(C)=O)cc3)N2C1=O. The first-order valence-electron chi connectivity index (χ1n) is 9.51. The fourth-order valence-corrected chi connectivity index (χ4v) is 4.46. The third-order valence-electron chi connectivity index (χ3n) is 4.54. The van der Waals surface area contributed by atoms with Crippen molar-refractivity contribution in [2.75, 3.05) is 0 Å². The van der Waals surface area contributed by atoms with Crippen LogP contribution in [0.4, 0.5) is 0 Å². The second-order valence-corrected chi connectivity index (χ2v) is 8.31. The quantitative estimate of drug-likeness (QED) is 0.539. The average Bonchev–Trinajstić information content (AvgIpc) is 2.95. The lowest BCUT2D eigenvalue weighted by molar-refractivity contribution is -0.143. The van der Waals surface area contributed by atoms with Gasteiger partial charge in [0.05, 0.1) is 28.7 Å².